The van der Waals surface area contributed by atoms with Crippen LogP contribution < -0.4 is 5.63 Å². The van der Waals surface area contributed by atoms with E-state index in [0.717, 1.165) is 16.7 Å². The maximum Gasteiger partial charge on any atom is 0.344 e. The van der Waals surface area contributed by atoms with E-state index < -0.39 is 0 Å². The lowest BCUT2D eigenvalue weighted by Crippen LogP contribution is -2.06. The van der Waals surface area contributed by atoms with Crippen LogP contribution in [0.2, 0.25) is 0 Å². The van der Waals surface area contributed by atoms with Crippen LogP contribution in [0.5, 0.6) is 0 Å². The molecular weight excluding hydrogens is 260 g/mol. The molecule has 0 bridgehead atoms. The van der Waals surface area contributed by atoms with Gasteiger partial charge in [-0.1, -0.05) is 60.2 Å². The average molecular weight is 276 g/mol. The van der Waals surface area contributed by atoms with Gasteiger partial charge in [-0.25, -0.2) is 4.79 Å². The summed E-state index contributed by atoms with van der Waals surface area (Å²) in [6.07, 6.45) is 0. The first-order valence-corrected chi connectivity index (χ1v) is 6.92. The summed E-state index contributed by atoms with van der Waals surface area (Å²) in [5, 5.41) is 0. The number of rotatable bonds is 2. The van der Waals surface area contributed by atoms with Gasteiger partial charge in [-0.15, -0.1) is 0 Å². The van der Waals surface area contributed by atoms with Crippen LogP contribution in [0, 0.1) is 13.8 Å². The zero-order valence-corrected chi connectivity index (χ0v) is 12.1. The highest BCUT2D eigenvalue weighted by atomic mass is 16.4. The van der Waals surface area contributed by atoms with Crippen LogP contribution in [0.1, 0.15) is 11.3 Å². The van der Waals surface area contributed by atoms with Gasteiger partial charge < -0.3 is 4.42 Å². The summed E-state index contributed by atoms with van der Waals surface area (Å²) in [5.41, 5.74) is 4.33. The molecule has 0 atom stereocenters. The Morgan fingerprint density at radius 1 is 0.810 bits per heavy atom. The number of hydrogen-bond acceptors (Lipinski definition) is 2. The molecule has 2 heteroatoms. The molecule has 0 spiro atoms. The molecule has 1 heterocycles. The second-order valence-electron chi connectivity index (χ2n) is 5.17. The lowest BCUT2D eigenvalue weighted by Gasteiger charge is -2.10. The molecule has 0 unspecified atom stereocenters. The van der Waals surface area contributed by atoms with E-state index in [2.05, 4.69) is 0 Å². The lowest BCUT2D eigenvalue weighted by atomic mass is 9.95. The van der Waals surface area contributed by atoms with Gasteiger partial charge in [0.05, 0.1) is 5.56 Å². The van der Waals surface area contributed by atoms with E-state index >= 15 is 0 Å². The van der Waals surface area contributed by atoms with E-state index in [9.17, 15) is 4.79 Å². The third-order valence-corrected chi connectivity index (χ3v) is 3.50. The molecule has 0 radical (unpaired) electrons. The lowest BCUT2D eigenvalue weighted by molar-refractivity contribution is 0.483. The minimum absolute atomic E-state index is 0.295. The largest absolute Gasteiger partial charge is 0.428 e. The summed E-state index contributed by atoms with van der Waals surface area (Å²) in [7, 11) is 0. The first kappa shape index (κ1) is 13.4. The summed E-state index contributed by atoms with van der Waals surface area (Å²) in [4.78, 5) is 12.3. The van der Waals surface area contributed by atoms with Gasteiger partial charge in [0.15, 0.2) is 0 Å². The minimum Gasteiger partial charge on any atom is -0.428 e. The van der Waals surface area contributed by atoms with Crippen molar-refractivity contribution in [3.63, 3.8) is 0 Å². The molecule has 0 aliphatic rings. The van der Waals surface area contributed by atoms with Crippen LogP contribution in [-0.4, -0.2) is 0 Å². The van der Waals surface area contributed by atoms with Crippen LogP contribution in [0.25, 0.3) is 22.3 Å². The van der Waals surface area contributed by atoms with E-state index in [0.29, 0.717) is 11.3 Å². The molecule has 21 heavy (non-hydrogen) atoms. The molecule has 3 rings (SSSR count). The summed E-state index contributed by atoms with van der Waals surface area (Å²) in [5.74, 6) is 0.621. The molecule has 104 valence electrons. The Kier molecular flexibility index (Phi) is 3.44. The second-order valence-corrected chi connectivity index (χ2v) is 5.17. The Balaban J connectivity index is 2.29. The molecule has 0 N–H and O–H groups in total. The molecule has 0 amide bonds. The predicted molar refractivity (Wildman–Crippen MR) is 85.3 cm³/mol. The normalized spacial score (nSPS) is 10.6. The van der Waals surface area contributed by atoms with Crippen LogP contribution in [0.3, 0.4) is 0 Å². The molecule has 0 saturated heterocycles. The van der Waals surface area contributed by atoms with Crippen molar-refractivity contribution < 1.29 is 4.42 Å². The standard InChI is InChI=1S/C19H16O2/c1-13-8-10-15(11-9-13)17-12-14(2)21-19(20)18(17)16-6-4-3-5-7-16/h3-12H,1-2H3. The van der Waals surface area contributed by atoms with Gasteiger partial charge in [0, 0.05) is 5.56 Å². The number of aryl methyl sites for hydroxylation is 2. The van der Waals surface area contributed by atoms with E-state index in [-0.39, 0.29) is 5.63 Å². The Bertz CT molecular complexity index is 812. The Morgan fingerprint density at radius 2 is 1.48 bits per heavy atom. The predicted octanol–water partition coefficient (Wildman–Crippen LogP) is 4.59. The quantitative estimate of drug-likeness (QED) is 0.685. The van der Waals surface area contributed by atoms with Crippen molar-refractivity contribution in [1.29, 1.82) is 0 Å². The van der Waals surface area contributed by atoms with E-state index in [4.69, 9.17) is 4.42 Å². The summed E-state index contributed by atoms with van der Waals surface area (Å²) in [6.45, 7) is 3.85. The van der Waals surface area contributed by atoms with E-state index in [1.807, 2.05) is 67.6 Å². The smallest absolute Gasteiger partial charge is 0.344 e. The van der Waals surface area contributed by atoms with Crippen LogP contribution >= 0.6 is 0 Å². The van der Waals surface area contributed by atoms with Crippen molar-refractivity contribution in [1.82, 2.24) is 0 Å². The van der Waals surface area contributed by atoms with E-state index in [1.165, 1.54) is 5.56 Å². The first-order valence-electron chi connectivity index (χ1n) is 6.92. The Hall–Kier alpha value is -2.61. The van der Waals surface area contributed by atoms with Crippen molar-refractivity contribution in [2.75, 3.05) is 0 Å². The van der Waals surface area contributed by atoms with Gasteiger partial charge in [0.1, 0.15) is 5.76 Å². The molecule has 0 fully saturated rings. The van der Waals surface area contributed by atoms with Crippen molar-refractivity contribution in [2.45, 2.75) is 13.8 Å². The highest BCUT2D eigenvalue weighted by Gasteiger charge is 2.14. The highest BCUT2D eigenvalue weighted by Crippen LogP contribution is 2.30. The van der Waals surface area contributed by atoms with Gasteiger partial charge in [0.25, 0.3) is 0 Å². The summed E-state index contributed by atoms with van der Waals surface area (Å²) >= 11 is 0. The SMILES string of the molecule is Cc1ccc(-c2cc(C)oc(=O)c2-c2ccccc2)cc1. The summed E-state index contributed by atoms with van der Waals surface area (Å²) < 4.78 is 5.29. The molecule has 2 aromatic carbocycles. The van der Waals surface area contributed by atoms with Crippen LogP contribution in [0.15, 0.2) is 69.9 Å². The highest BCUT2D eigenvalue weighted by molar-refractivity contribution is 5.82. The molecule has 1 aromatic heterocycles. The average Bonchev–Trinajstić information content (AvgIpc) is 2.48. The van der Waals surface area contributed by atoms with Crippen molar-refractivity contribution in [2.24, 2.45) is 0 Å². The molecule has 0 aliphatic carbocycles. The van der Waals surface area contributed by atoms with Crippen LogP contribution in [-0.2, 0) is 0 Å². The van der Waals surface area contributed by atoms with Gasteiger partial charge in [0.2, 0.25) is 0 Å². The third kappa shape index (κ3) is 2.65. The third-order valence-electron chi connectivity index (χ3n) is 3.50. The minimum atomic E-state index is -0.295. The fourth-order valence-corrected chi connectivity index (χ4v) is 2.45. The molecule has 0 saturated carbocycles. The Labute approximate surface area is 123 Å². The molecule has 3 aromatic rings. The van der Waals surface area contributed by atoms with Gasteiger partial charge >= 0.3 is 5.63 Å². The fourth-order valence-electron chi connectivity index (χ4n) is 2.45. The Morgan fingerprint density at radius 3 is 2.14 bits per heavy atom. The monoisotopic (exact) mass is 276 g/mol. The molecule has 2 nitrogen and oxygen atoms in total. The van der Waals surface area contributed by atoms with E-state index in [1.54, 1.807) is 6.92 Å². The van der Waals surface area contributed by atoms with Gasteiger partial charge in [-0.05, 0) is 31.0 Å². The number of benzene rings is 2. The summed E-state index contributed by atoms with van der Waals surface area (Å²) in [6, 6.07) is 19.7. The van der Waals surface area contributed by atoms with Crippen molar-refractivity contribution >= 4 is 0 Å². The van der Waals surface area contributed by atoms with Crippen molar-refractivity contribution in [3.8, 4) is 22.3 Å². The molecular formula is C19H16O2. The van der Waals surface area contributed by atoms with Crippen LogP contribution in [0.4, 0.5) is 0 Å². The maximum absolute atomic E-state index is 12.3. The topological polar surface area (TPSA) is 30.2 Å². The van der Waals surface area contributed by atoms with Crippen molar-refractivity contribution in [3.05, 3.63) is 82.4 Å². The zero-order chi connectivity index (χ0) is 14.8. The number of hydrogen-bond donors (Lipinski definition) is 0. The molecule has 0 aliphatic heterocycles. The van der Waals surface area contributed by atoms with Gasteiger partial charge in [-0.2, -0.15) is 0 Å². The second kappa shape index (κ2) is 5.41. The maximum atomic E-state index is 12.3. The van der Waals surface area contributed by atoms with Gasteiger partial charge in [-0.3, -0.25) is 0 Å². The fraction of sp³-hybridized carbons (Fsp3) is 0.105. The zero-order valence-electron chi connectivity index (χ0n) is 12.1. The first-order chi connectivity index (χ1) is 10.1.